The zero-order valence-corrected chi connectivity index (χ0v) is 8.62. The molecule has 80 valence electrons. The molecule has 1 aliphatic rings. The van der Waals surface area contributed by atoms with Crippen LogP contribution >= 0.6 is 0 Å². The van der Waals surface area contributed by atoms with Crippen molar-refractivity contribution in [3.63, 3.8) is 0 Å². The van der Waals surface area contributed by atoms with Gasteiger partial charge in [0.1, 0.15) is 5.82 Å². The van der Waals surface area contributed by atoms with Crippen molar-refractivity contribution in [2.45, 2.75) is 31.8 Å². The van der Waals surface area contributed by atoms with Gasteiger partial charge in [-0.2, -0.15) is 0 Å². The molecular weight excluding hydrogens is 191 g/mol. The fourth-order valence-electron chi connectivity index (χ4n) is 1.98. The van der Waals surface area contributed by atoms with Crippen molar-refractivity contribution in [3.05, 3.63) is 47.3 Å². The minimum atomic E-state index is -0.585. The molecule has 1 aromatic carbocycles. The molecule has 0 amide bonds. The van der Waals surface area contributed by atoms with Crippen molar-refractivity contribution in [1.82, 2.24) is 0 Å². The molecule has 1 fully saturated rings. The summed E-state index contributed by atoms with van der Waals surface area (Å²) in [7, 11) is 0. The quantitative estimate of drug-likeness (QED) is 0.736. The van der Waals surface area contributed by atoms with E-state index in [1.165, 1.54) is 30.5 Å². The standard InChI is InChI=1S/C13H15FO/c14-12-7-5-11(6-8-12)13(15)9-10-3-1-2-4-10/h5-9,13,15H,1-4H2. The van der Waals surface area contributed by atoms with Crippen LogP contribution in [0.5, 0.6) is 0 Å². The van der Waals surface area contributed by atoms with Gasteiger partial charge in [-0.3, -0.25) is 0 Å². The highest BCUT2D eigenvalue weighted by molar-refractivity contribution is 5.24. The lowest BCUT2D eigenvalue weighted by Gasteiger charge is -2.07. The van der Waals surface area contributed by atoms with Crippen molar-refractivity contribution in [2.24, 2.45) is 0 Å². The first-order valence-corrected chi connectivity index (χ1v) is 5.39. The molecule has 1 N–H and O–H groups in total. The van der Waals surface area contributed by atoms with E-state index in [1.807, 2.05) is 6.08 Å². The first-order valence-electron chi connectivity index (χ1n) is 5.39. The van der Waals surface area contributed by atoms with E-state index >= 15 is 0 Å². The van der Waals surface area contributed by atoms with Gasteiger partial charge < -0.3 is 5.11 Å². The molecule has 0 bridgehead atoms. The Hall–Kier alpha value is -1.15. The lowest BCUT2D eigenvalue weighted by molar-refractivity contribution is 0.227. The molecule has 1 unspecified atom stereocenters. The van der Waals surface area contributed by atoms with Gasteiger partial charge in [-0.15, -0.1) is 0 Å². The van der Waals surface area contributed by atoms with Crippen molar-refractivity contribution in [3.8, 4) is 0 Å². The fraction of sp³-hybridized carbons (Fsp3) is 0.385. The van der Waals surface area contributed by atoms with E-state index < -0.39 is 6.10 Å². The van der Waals surface area contributed by atoms with Gasteiger partial charge >= 0.3 is 0 Å². The van der Waals surface area contributed by atoms with Gasteiger partial charge in [-0.1, -0.05) is 23.8 Å². The maximum atomic E-state index is 12.7. The molecule has 0 aliphatic heterocycles. The summed E-state index contributed by atoms with van der Waals surface area (Å²) in [6, 6.07) is 6.02. The second kappa shape index (κ2) is 4.58. The second-order valence-electron chi connectivity index (χ2n) is 4.03. The first kappa shape index (κ1) is 10.4. The van der Waals surface area contributed by atoms with Crippen LogP contribution in [-0.4, -0.2) is 5.11 Å². The Kier molecular flexibility index (Phi) is 3.17. The molecular formula is C13H15FO. The largest absolute Gasteiger partial charge is 0.384 e. The van der Waals surface area contributed by atoms with E-state index in [-0.39, 0.29) is 5.82 Å². The van der Waals surface area contributed by atoms with Crippen LogP contribution in [0.4, 0.5) is 4.39 Å². The summed E-state index contributed by atoms with van der Waals surface area (Å²) in [5.74, 6) is -0.264. The van der Waals surface area contributed by atoms with Crippen molar-refractivity contribution in [1.29, 1.82) is 0 Å². The number of hydrogen-bond acceptors (Lipinski definition) is 1. The number of aliphatic hydroxyl groups is 1. The summed E-state index contributed by atoms with van der Waals surface area (Å²) in [6.07, 6.45) is 5.96. The molecule has 1 aromatic rings. The van der Waals surface area contributed by atoms with E-state index in [2.05, 4.69) is 0 Å². The van der Waals surface area contributed by atoms with E-state index in [0.29, 0.717) is 0 Å². The van der Waals surface area contributed by atoms with Gasteiger partial charge in [-0.05, 0) is 43.4 Å². The predicted octanol–water partition coefficient (Wildman–Crippen LogP) is 3.36. The molecule has 0 aromatic heterocycles. The van der Waals surface area contributed by atoms with Crippen LogP contribution in [0.1, 0.15) is 37.4 Å². The number of rotatable bonds is 2. The average Bonchev–Trinajstić information content (AvgIpc) is 2.71. The fourth-order valence-corrected chi connectivity index (χ4v) is 1.98. The third-order valence-electron chi connectivity index (χ3n) is 2.85. The lowest BCUT2D eigenvalue weighted by Crippen LogP contribution is -1.94. The Morgan fingerprint density at radius 2 is 1.73 bits per heavy atom. The number of benzene rings is 1. The molecule has 0 heterocycles. The topological polar surface area (TPSA) is 20.2 Å². The summed E-state index contributed by atoms with van der Waals surface area (Å²) < 4.78 is 12.7. The van der Waals surface area contributed by atoms with E-state index in [0.717, 1.165) is 18.4 Å². The van der Waals surface area contributed by atoms with Crippen LogP contribution in [0.25, 0.3) is 0 Å². The molecule has 15 heavy (non-hydrogen) atoms. The number of hydrogen-bond donors (Lipinski definition) is 1. The monoisotopic (exact) mass is 206 g/mol. The Bertz CT molecular complexity index is 345. The molecule has 0 spiro atoms. The van der Waals surface area contributed by atoms with E-state index in [4.69, 9.17) is 0 Å². The third-order valence-corrected chi connectivity index (χ3v) is 2.85. The predicted molar refractivity (Wildman–Crippen MR) is 57.9 cm³/mol. The highest BCUT2D eigenvalue weighted by Gasteiger charge is 2.10. The Morgan fingerprint density at radius 3 is 2.33 bits per heavy atom. The van der Waals surface area contributed by atoms with Crippen LogP contribution < -0.4 is 0 Å². The van der Waals surface area contributed by atoms with Crippen LogP contribution in [0.2, 0.25) is 0 Å². The van der Waals surface area contributed by atoms with Crippen LogP contribution in [0, 0.1) is 5.82 Å². The maximum Gasteiger partial charge on any atom is 0.123 e. The third kappa shape index (κ3) is 2.66. The van der Waals surface area contributed by atoms with Gasteiger partial charge in [0.15, 0.2) is 0 Å². The Morgan fingerprint density at radius 1 is 1.13 bits per heavy atom. The van der Waals surface area contributed by atoms with Crippen LogP contribution in [0.15, 0.2) is 35.9 Å². The van der Waals surface area contributed by atoms with Gasteiger partial charge in [0.2, 0.25) is 0 Å². The zero-order valence-electron chi connectivity index (χ0n) is 8.62. The number of allylic oxidation sites excluding steroid dienone is 1. The molecule has 0 saturated heterocycles. The Labute approximate surface area is 89.3 Å². The molecule has 1 atom stereocenters. The number of aliphatic hydroxyl groups excluding tert-OH is 1. The van der Waals surface area contributed by atoms with Crippen molar-refractivity contribution >= 4 is 0 Å². The molecule has 1 saturated carbocycles. The van der Waals surface area contributed by atoms with Gasteiger partial charge in [-0.25, -0.2) is 4.39 Å². The zero-order chi connectivity index (χ0) is 10.7. The average molecular weight is 206 g/mol. The molecule has 2 heteroatoms. The van der Waals surface area contributed by atoms with E-state index in [9.17, 15) is 9.50 Å². The molecule has 0 radical (unpaired) electrons. The normalized spacial score (nSPS) is 17.9. The number of halogens is 1. The van der Waals surface area contributed by atoms with Crippen LogP contribution in [-0.2, 0) is 0 Å². The summed E-state index contributed by atoms with van der Waals surface area (Å²) >= 11 is 0. The highest BCUT2D eigenvalue weighted by atomic mass is 19.1. The first-order chi connectivity index (χ1) is 7.25. The van der Waals surface area contributed by atoms with Crippen molar-refractivity contribution < 1.29 is 9.50 Å². The highest BCUT2D eigenvalue weighted by Crippen LogP contribution is 2.27. The summed E-state index contributed by atoms with van der Waals surface area (Å²) in [4.78, 5) is 0. The summed E-state index contributed by atoms with van der Waals surface area (Å²) in [5.41, 5.74) is 2.09. The van der Waals surface area contributed by atoms with Gasteiger partial charge in [0.05, 0.1) is 6.10 Å². The smallest absolute Gasteiger partial charge is 0.123 e. The minimum absolute atomic E-state index is 0.264. The van der Waals surface area contributed by atoms with Gasteiger partial charge in [0, 0.05) is 0 Å². The van der Waals surface area contributed by atoms with Crippen molar-refractivity contribution in [2.75, 3.05) is 0 Å². The second-order valence-corrected chi connectivity index (χ2v) is 4.03. The SMILES string of the molecule is OC(C=C1CCCC1)c1ccc(F)cc1. The molecule has 1 nitrogen and oxygen atoms in total. The van der Waals surface area contributed by atoms with E-state index in [1.54, 1.807) is 12.1 Å². The lowest BCUT2D eigenvalue weighted by atomic mass is 10.1. The molecule has 1 aliphatic carbocycles. The van der Waals surface area contributed by atoms with Gasteiger partial charge in [0.25, 0.3) is 0 Å². The summed E-state index contributed by atoms with van der Waals surface area (Å²) in [5, 5.41) is 9.87. The Balaban J connectivity index is 2.10. The maximum absolute atomic E-state index is 12.7. The van der Waals surface area contributed by atoms with Crippen LogP contribution in [0.3, 0.4) is 0 Å². The minimum Gasteiger partial charge on any atom is -0.384 e. The molecule has 2 rings (SSSR count). The summed E-state index contributed by atoms with van der Waals surface area (Å²) in [6.45, 7) is 0.